The van der Waals surface area contributed by atoms with E-state index in [0.29, 0.717) is 6.54 Å². The van der Waals surface area contributed by atoms with Gasteiger partial charge in [0.25, 0.3) is 0 Å². The summed E-state index contributed by atoms with van der Waals surface area (Å²) in [7, 11) is 0. The molecular formula is C21H32N6O. The summed E-state index contributed by atoms with van der Waals surface area (Å²) in [4.78, 5) is 24.9. The topological polar surface area (TPSA) is 104 Å². The number of guanidine groups is 1. The fourth-order valence-electron chi connectivity index (χ4n) is 4.05. The second kappa shape index (κ2) is 9.59. The number of hydrogen-bond acceptors (Lipinski definition) is 3. The molecule has 1 aliphatic heterocycles. The summed E-state index contributed by atoms with van der Waals surface area (Å²) in [6, 6.07) is 8.24. The number of para-hydroxylation sites is 1. The monoisotopic (exact) mass is 384 g/mol. The van der Waals surface area contributed by atoms with E-state index in [2.05, 4.69) is 46.2 Å². The fraction of sp³-hybridized carbons (Fsp3) is 0.524. The number of nitrogens with two attached hydrogens (primary N) is 2. The second-order valence-electron chi connectivity index (χ2n) is 7.44. The molecule has 2 aromatic rings. The van der Waals surface area contributed by atoms with Crippen LogP contribution < -0.4 is 11.5 Å². The van der Waals surface area contributed by atoms with Crippen molar-refractivity contribution in [3.05, 3.63) is 36.0 Å². The predicted octanol–water partition coefficient (Wildman–Crippen LogP) is 1.69. The van der Waals surface area contributed by atoms with E-state index in [9.17, 15) is 4.79 Å². The fourth-order valence-corrected chi connectivity index (χ4v) is 4.05. The van der Waals surface area contributed by atoms with Gasteiger partial charge in [0.05, 0.1) is 6.04 Å². The third kappa shape index (κ3) is 4.84. The van der Waals surface area contributed by atoms with E-state index in [1.807, 2.05) is 11.0 Å². The summed E-state index contributed by atoms with van der Waals surface area (Å²) in [6.07, 6.45) is 5.58. The molecule has 5 N–H and O–H groups in total. The van der Waals surface area contributed by atoms with Crippen molar-refractivity contribution in [2.75, 3.05) is 32.7 Å². The molecule has 1 saturated heterocycles. The molecule has 1 atom stereocenters. The van der Waals surface area contributed by atoms with Crippen molar-refractivity contribution in [3.63, 3.8) is 0 Å². The van der Waals surface area contributed by atoms with Gasteiger partial charge >= 0.3 is 0 Å². The summed E-state index contributed by atoms with van der Waals surface area (Å²) in [5.41, 5.74) is 13.2. The van der Waals surface area contributed by atoms with Crippen LogP contribution in [-0.2, 0) is 11.2 Å². The number of amides is 1. The average Bonchev–Trinajstić information content (AvgIpc) is 3.09. The van der Waals surface area contributed by atoms with Crippen LogP contribution in [0.2, 0.25) is 0 Å². The van der Waals surface area contributed by atoms with Gasteiger partial charge < -0.3 is 21.4 Å². The summed E-state index contributed by atoms with van der Waals surface area (Å²) in [5, 5.41) is 1.24. The van der Waals surface area contributed by atoms with Gasteiger partial charge in [0.1, 0.15) is 0 Å². The van der Waals surface area contributed by atoms with Gasteiger partial charge in [-0.3, -0.25) is 14.7 Å². The normalized spacial score (nSPS) is 18.0. The number of aromatic nitrogens is 1. The zero-order chi connectivity index (χ0) is 19.9. The van der Waals surface area contributed by atoms with Gasteiger partial charge in [-0.2, -0.15) is 0 Å². The molecule has 0 unspecified atom stereocenters. The molecular weight excluding hydrogens is 352 g/mol. The first-order valence-electron chi connectivity index (χ1n) is 10.2. The average molecular weight is 385 g/mol. The summed E-state index contributed by atoms with van der Waals surface area (Å²) in [6.45, 7) is 6.16. The summed E-state index contributed by atoms with van der Waals surface area (Å²) < 4.78 is 0. The first-order chi connectivity index (χ1) is 13.6. The highest BCUT2D eigenvalue weighted by atomic mass is 16.2. The molecule has 1 aromatic heterocycles. The number of aromatic amines is 1. The molecule has 2 heterocycles. The molecule has 1 fully saturated rings. The van der Waals surface area contributed by atoms with Gasteiger partial charge in [0.15, 0.2) is 5.96 Å². The molecule has 0 aliphatic carbocycles. The van der Waals surface area contributed by atoms with Crippen molar-refractivity contribution < 1.29 is 4.79 Å². The lowest BCUT2D eigenvalue weighted by molar-refractivity contribution is -0.142. The predicted molar refractivity (Wildman–Crippen MR) is 114 cm³/mol. The van der Waals surface area contributed by atoms with Crippen LogP contribution in [0.1, 0.15) is 31.7 Å². The Kier molecular flexibility index (Phi) is 6.92. The SMILES string of the molecule is CCCN1CCN(CCc2c[nH]c3ccccc23)C(=O)[C@@H]1CCCN=C(N)N. The van der Waals surface area contributed by atoms with Crippen molar-refractivity contribution in [1.82, 2.24) is 14.8 Å². The van der Waals surface area contributed by atoms with Crippen molar-refractivity contribution in [1.29, 1.82) is 0 Å². The molecule has 0 bridgehead atoms. The summed E-state index contributed by atoms with van der Waals surface area (Å²) in [5.74, 6) is 0.352. The van der Waals surface area contributed by atoms with E-state index >= 15 is 0 Å². The molecule has 0 spiro atoms. The Balaban J connectivity index is 1.61. The van der Waals surface area contributed by atoms with Crippen molar-refractivity contribution in [2.24, 2.45) is 16.5 Å². The largest absolute Gasteiger partial charge is 0.370 e. The van der Waals surface area contributed by atoms with Gasteiger partial charge in [-0.1, -0.05) is 25.1 Å². The van der Waals surface area contributed by atoms with Crippen LogP contribution in [0.25, 0.3) is 10.9 Å². The Bertz CT molecular complexity index is 810. The Hall–Kier alpha value is -2.54. The maximum Gasteiger partial charge on any atom is 0.239 e. The van der Waals surface area contributed by atoms with Crippen LogP contribution in [0.5, 0.6) is 0 Å². The van der Waals surface area contributed by atoms with Crippen molar-refractivity contribution in [2.45, 2.75) is 38.6 Å². The highest BCUT2D eigenvalue weighted by Crippen LogP contribution is 2.21. The van der Waals surface area contributed by atoms with E-state index in [-0.39, 0.29) is 17.9 Å². The minimum atomic E-state index is -0.0640. The Labute approximate surface area is 166 Å². The van der Waals surface area contributed by atoms with Crippen LogP contribution in [0.3, 0.4) is 0 Å². The molecule has 1 amide bonds. The molecule has 1 aromatic carbocycles. The van der Waals surface area contributed by atoms with Gasteiger partial charge in [-0.25, -0.2) is 0 Å². The maximum atomic E-state index is 13.2. The minimum Gasteiger partial charge on any atom is -0.370 e. The van der Waals surface area contributed by atoms with Gasteiger partial charge in [0.2, 0.25) is 5.91 Å². The minimum absolute atomic E-state index is 0.0640. The smallest absolute Gasteiger partial charge is 0.239 e. The van der Waals surface area contributed by atoms with Gasteiger partial charge in [0, 0.05) is 43.3 Å². The van der Waals surface area contributed by atoms with E-state index in [1.165, 1.54) is 10.9 Å². The highest BCUT2D eigenvalue weighted by molar-refractivity contribution is 5.84. The number of carbonyl (C=O) groups excluding carboxylic acids is 1. The Morgan fingerprint density at radius 1 is 1.25 bits per heavy atom. The zero-order valence-electron chi connectivity index (χ0n) is 16.7. The summed E-state index contributed by atoms with van der Waals surface area (Å²) >= 11 is 0. The number of benzene rings is 1. The number of H-pyrrole nitrogens is 1. The number of carbonyl (C=O) groups is 1. The third-order valence-corrected chi connectivity index (χ3v) is 5.46. The van der Waals surface area contributed by atoms with Crippen LogP contribution >= 0.6 is 0 Å². The number of fused-ring (bicyclic) bond motifs is 1. The first-order valence-corrected chi connectivity index (χ1v) is 10.2. The Morgan fingerprint density at radius 2 is 2.07 bits per heavy atom. The van der Waals surface area contributed by atoms with Crippen LogP contribution in [-0.4, -0.2) is 65.4 Å². The molecule has 7 nitrogen and oxygen atoms in total. The number of aliphatic imine (C=N–C) groups is 1. The molecule has 3 rings (SSSR count). The molecule has 1 aliphatic rings. The number of hydrogen-bond donors (Lipinski definition) is 3. The molecule has 28 heavy (non-hydrogen) atoms. The zero-order valence-corrected chi connectivity index (χ0v) is 16.7. The van der Waals surface area contributed by atoms with Crippen molar-refractivity contribution >= 4 is 22.8 Å². The van der Waals surface area contributed by atoms with Gasteiger partial charge in [-0.15, -0.1) is 0 Å². The molecule has 152 valence electrons. The van der Waals surface area contributed by atoms with Gasteiger partial charge in [-0.05, 0) is 43.9 Å². The van der Waals surface area contributed by atoms with Crippen molar-refractivity contribution in [3.8, 4) is 0 Å². The number of rotatable bonds is 9. The molecule has 0 radical (unpaired) electrons. The van der Waals surface area contributed by atoms with E-state index in [4.69, 9.17) is 11.5 Å². The Morgan fingerprint density at radius 3 is 2.86 bits per heavy atom. The number of nitrogens with zero attached hydrogens (tertiary/aromatic N) is 3. The van der Waals surface area contributed by atoms with Crippen LogP contribution in [0.4, 0.5) is 0 Å². The maximum absolute atomic E-state index is 13.2. The number of nitrogens with one attached hydrogen (secondary N) is 1. The third-order valence-electron chi connectivity index (χ3n) is 5.46. The van der Waals surface area contributed by atoms with E-state index in [1.54, 1.807) is 0 Å². The lowest BCUT2D eigenvalue weighted by Gasteiger charge is -2.40. The van der Waals surface area contributed by atoms with E-state index in [0.717, 1.165) is 57.4 Å². The number of piperazine rings is 1. The molecule has 7 heteroatoms. The molecule has 0 saturated carbocycles. The van der Waals surface area contributed by atoms with Crippen LogP contribution in [0.15, 0.2) is 35.5 Å². The second-order valence-corrected chi connectivity index (χ2v) is 7.44. The van der Waals surface area contributed by atoms with Crippen LogP contribution in [0, 0.1) is 0 Å². The lowest BCUT2D eigenvalue weighted by Crippen LogP contribution is -2.57. The quantitative estimate of drug-likeness (QED) is 0.348. The first kappa shape index (κ1) is 20.2. The highest BCUT2D eigenvalue weighted by Gasteiger charge is 2.33. The van der Waals surface area contributed by atoms with E-state index < -0.39 is 0 Å². The standard InChI is InChI=1S/C21H32N6O/c1-2-11-26-13-14-27(20(28)19(26)8-5-10-24-21(22)23)12-9-16-15-25-18-7-4-3-6-17(16)18/h3-4,6-7,15,19,25H,2,5,8-14H2,1H3,(H4,22,23,24)/t19-/m0/s1. The lowest BCUT2D eigenvalue weighted by atomic mass is 10.0.